The van der Waals surface area contributed by atoms with Crippen LogP contribution < -0.4 is 4.90 Å². The number of carbonyl (C=O) groups is 2. The lowest BCUT2D eigenvalue weighted by molar-refractivity contribution is -0.141. The molecule has 2 amide bonds. The van der Waals surface area contributed by atoms with E-state index < -0.39 is 18.0 Å². The number of carboxylic acids is 1. The second-order valence-electron chi connectivity index (χ2n) is 3.99. The topological polar surface area (TPSA) is 81.1 Å². The Morgan fingerprint density at radius 3 is 2.39 bits per heavy atom. The molecule has 1 atom stereocenters. The van der Waals surface area contributed by atoms with Gasteiger partial charge in [0, 0.05) is 25.8 Å². The quantitative estimate of drug-likeness (QED) is 0.851. The predicted molar refractivity (Wildman–Crippen MR) is 66.8 cm³/mol. The molecule has 0 bridgehead atoms. The van der Waals surface area contributed by atoms with E-state index in [9.17, 15) is 14.7 Å². The minimum Gasteiger partial charge on any atom is -0.508 e. The van der Waals surface area contributed by atoms with E-state index in [4.69, 9.17) is 5.11 Å². The Morgan fingerprint density at radius 1 is 1.28 bits per heavy atom. The van der Waals surface area contributed by atoms with E-state index >= 15 is 0 Å². The van der Waals surface area contributed by atoms with Gasteiger partial charge in [-0.2, -0.15) is 0 Å². The lowest BCUT2D eigenvalue weighted by Gasteiger charge is -2.27. The van der Waals surface area contributed by atoms with Gasteiger partial charge in [-0.15, -0.1) is 0 Å². The Morgan fingerprint density at radius 2 is 1.89 bits per heavy atom. The van der Waals surface area contributed by atoms with Crippen molar-refractivity contribution in [2.45, 2.75) is 13.0 Å². The van der Waals surface area contributed by atoms with Gasteiger partial charge in [-0.05, 0) is 19.1 Å². The second kappa shape index (κ2) is 5.39. The summed E-state index contributed by atoms with van der Waals surface area (Å²) < 4.78 is 0. The molecule has 0 saturated carbocycles. The first-order valence-corrected chi connectivity index (χ1v) is 5.37. The van der Waals surface area contributed by atoms with Crippen molar-refractivity contribution >= 4 is 17.7 Å². The van der Waals surface area contributed by atoms with E-state index in [-0.39, 0.29) is 5.75 Å². The predicted octanol–water partition coefficient (Wildman–Crippen LogP) is 1.35. The fraction of sp³-hybridized carbons (Fsp3) is 0.333. The number of amides is 2. The van der Waals surface area contributed by atoms with E-state index in [1.807, 2.05) is 0 Å². The molecule has 98 valence electrons. The highest BCUT2D eigenvalue weighted by atomic mass is 16.4. The number of carbonyl (C=O) groups excluding carboxylic acids is 1. The van der Waals surface area contributed by atoms with Crippen molar-refractivity contribution < 1.29 is 19.8 Å². The van der Waals surface area contributed by atoms with Crippen molar-refractivity contribution in [2.24, 2.45) is 0 Å². The zero-order valence-corrected chi connectivity index (χ0v) is 10.5. The average molecular weight is 252 g/mol. The first-order valence-electron chi connectivity index (χ1n) is 5.37. The van der Waals surface area contributed by atoms with E-state index in [2.05, 4.69) is 0 Å². The Bertz CT molecular complexity index is 461. The zero-order valence-electron chi connectivity index (χ0n) is 10.5. The van der Waals surface area contributed by atoms with E-state index in [0.717, 1.165) is 4.90 Å². The monoisotopic (exact) mass is 252 g/mol. The van der Waals surface area contributed by atoms with Crippen LogP contribution >= 0.6 is 0 Å². The maximum Gasteiger partial charge on any atom is 0.326 e. The highest BCUT2D eigenvalue weighted by Crippen LogP contribution is 2.20. The van der Waals surface area contributed by atoms with Crippen LogP contribution in [-0.4, -0.2) is 47.3 Å². The fourth-order valence-electron chi connectivity index (χ4n) is 1.38. The normalized spacial score (nSPS) is 11.7. The van der Waals surface area contributed by atoms with Crippen molar-refractivity contribution in [3.8, 4) is 5.75 Å². The van der Waals surface area contributed by atoms with Gasteiger partial charge in [0.15, 0.2) is 0 Å². The molecule has 2 N–H and O–H groups in total. The summed E-state index contributed by atoms with van der Waals surface area (Å²) in [5.74, 6) is -1.03. The summed E-state index contributed by atoms with van der Waals surface area (Å²) >= 11 is 0. The number of hydrogen-bond acceptors (Lipinski definition) is 3. The van der Waals surface area contributed by atoms with E-state index in [1.54, 1.807) is 12.1 Å². The van der Waals surface area contributed by atoms with Crippen LogP contribution in [0.5, 0.6) is 5.75 Å². The minimum absolute atomic E-state index is 0.0427. The first-order chi connectivity index (χ1) is 8.34. The number of anilines is 1. The van der Waals surface area contributed by atoms with Crippen LogP contribution in [-0.2, 0) is 4.79 Å². The summed E-state index contributed by atoms with van der Waals surface area (Å²) in [6, 6.07) is 4.79. The third kappa shape index (κ3) is 2.91. The highest BCUT2D eigenvalue weighted by Gasteiger charge is 2.24. The van der Waals surface area contributed by atoms with Crippen LogP contribution in [0.25, 0.3) is 0 Å². The molecule has 0 heterocycles. The Labute approximate surface area is 105 Å². The van der Waals surface area contributed by atoms with Crippen LogP contribution in [0.4, 0.5) is 10.5 Å². The maximum absolute atomic E-state index is 12.0. The summed E-state index contributed by atoms with van der Waals surface area (Å²) in [5, 5.41) is 18.2. The van der Waals surface area contributed by atoms with Crippen molar-refractivity contribution in [1.82, 2.24) is 4.90 Å². The molecular weight excluding hydrogens is 236 g/mol. The van der Waals surface area contributed by atoms with Gasteiger partial charge in [0.2, 0.25) is 0 Å². The SMILES string of the molecule is CC(C(=O)O)N(C)C(=O)N(C)c1cccc(O)c1. The van der Waals surface area contributed by atoms with Gasteiger partial charge in [-0.25, -0.2) is 9.59 Å². The van der Waals surface area contributed by atoms with Gasteiger partial charge in [-0.1, -0.05) is 6.07 Å². The summed E-state index contributed by atoms with van der Waals surface area (Å²) in [4.78, 5) is 25.2. The molecule has 6 heteroatoms. The number of rotatable bonds is 3. The molecule has 0 saturated heterocycles. The van der Waals surface area contributed by atoms with Crippen molar-refractivity contribution in [2.75, 3.05) is 19.0 Å². The summed E-state index contributed by atoms with van der Waals surface area (Å²) in [6.07, 6.45) is 0. The molecule has 1 aromatic carbocycles. The summed E-state index contributed by atoms with van der Waals surface area (Å²) in [7, 11) is 2.93. The molecule has 0 aromatic heterocycles. The molecule has 0 aliphatic heterocycles. The number of aromatic hydroxyl groups is 1. The fourth-order valence-corrected chi connectivity index (χ4v) is 1.38. The number of phenolic OH excluding ortho intramolecular Hbond substituents is 1. The number of likely N-dealkylation sites (N-methyl/N-ethyl adjacent to an activating group) is 1. The van der Waals surface area contributed by atoms with Crippen molar-refractivity contribution in [3.05, 3.63) is 24.3 Å². The van der Waals surface area contributed by atoms with Crippen molar-refractivity contribution in [3.63, 3.8) is 0 Å². The molecule has 6 nitrogen and oxygen atoms in total. The molecule has 0 spiro atoms. The molecule has 1 aromatic rings. The van der Waals surface area contributed by atoms with Gasteiger partial charge in [0.1, 0.15) is 11.8 Å². The number of benzene rings is 1. The Balaban J connectivity index is 2.87. The number of aliphatic carboxylic acids is 1. The van der Waals surface area contributed by atoms with Crippen LogP contribution in [0.2, 0.25) is 0 Å². The largest absolute Gasteiger partial charge is 0.508 e. The van der Waals surface area contributed by atoms with Gasteiger partial charge in [0.25, 0.3) is 0 Å². The smallest absolute Gasteiger partial charge is 0.326 e. The van der Waals surface area contributed by atoms with E-state index in [1.165, 1.54) is 38.1 Å². The highest BCUT2D eigenvalue weighted by molar-refractivity contribution is 5.93. The van der Waals surface area contributed by atoms with Gasteiger partial charge in [0.05, 0.1) is 0 Å². The molecule has 1 rings (SSSR count). The average Bonchev–Trinajstić information content (AvgIpc) is 2.35. The number of phenols is 1. The number of nitrogens with zero attached hydrogens (tertiary/aromatic N) is 2. The third-order valence-corrected chi connectivity index (χ3v) is 2.74. The number of carboxylic acid groups (broad SMARTS) is 1. The summed E-state index contributed by atoms with van der Waals surface area (Å²) in [5.41, 5.74) is 0.490. The molecule has 0 aliphatic carbocycles. The number of hydrogen-bond donors (Lipinski definition) is 2. The Hall–Kier alpha value is -2.24. The number of urea groups is 1. The molecule has 0 aliphatic rings. The zero-order chi connectivity index (χ0) is 13.9. The Kier molecular flexibility index (Phi) is 4.14. The maximum atomic E-state index is 12.0. The lowest BCUT2D eigenvalue weighted by atomic mass is 10.2. The molecule has 0 radical (unpaired) electrons. The molecule has 18 heavy (non-hydrogen) atoms. The first kappa shape index (κ1) is 13.8. The lowest BCUT2D eigenvalue weighted by Crippen LogP contribution is -2.46. The minimum atomic E-state index is -1.07. The second-order valence-corrected chi connectivity index (χ2v) is 3.99. The third-order valence-electron chi connectivity index (χ3n) is 2.74. The molecule has 0 fully saturated rings. The van der Waals surface area contributed by atoms with Gasteiger partial charge in [-0.3, -0.25) is 4.90 Å². The van der Waals surface area contributed by atoms with Crippen LogP contribution in [0.3, 0.4) is 0 Å². The van der Waals surface area contributed by atoms with Crippen LogP contribution in [0.1, 0.15) is 6.92 Å². The van der Waals surface area contributed by atoms with Gasteiger partial charge < -0.3 is 15.1 Å². The van der Waals surface area contributed by atoms with E-state index in [0.29, 0.717) is 5.69 Å². The standard InChI is InChI=1S/C12H16N2O4/c1-8(11(16)17)13(2)12(18)14(3)9-5-4-6-10(15)7-9/h4-8,15H,1-3H3,(H,16,17). The van der Waals surface area contributed by atoms with Crippen LogP contribution in [0, 0.1) is 0 Å². The molecule has 1 unspecified atom stereocenters. The van der Waals surface area contributed by atoms with Gasteiger partial charge >= 0.3 is 12.0 Å². The van der Waals surface area contributed by atoms with Crippen molar-refractivity contribution in [1.29, 1.82) is 0 Å². The van der Waals surface area contributed by atoms with Crippen LogP contribution in [0.15, 0.2) is 24.3 Å². The summed E-state index contributed by atoms with van der Waals surface area (Å²) in [6.45, 7) is 1.43. The molecular formula is C12H16N2O4.